The fourth-order valence-electron chi connectivity index (χ4n) is 4.89. The van der Waals surface area contributed by atoms with Crippen molar-refractivity contribution in [2.45, 2.75) is 72.3 Å². The summed E-state index contributed by atoms with van der Waals surface area (Å²) in [5.41, 5.74) is 1.49. The van der Waals surface area contributed by atoms with E-state index in [0.717, 1.165) is 11.1 Å². The Kier molecular flexibility index (Phi) is 9.83. The molecule has 43 heavy (non-hydrogen) atoms. The summed E-state index contributed by atoms with van der Waals surface area (Å²) in [7, 11) is 0. The molecule has 1 atom stereocenters. The Labute approximate surface area is 246 Å². The predicted molar refractivity (Wildman–Crippen MR) is 151 cm³/mol. The summed E-state index contributed by atoms with van der Waals surface area (Å²) in [4.78, 5) is 34.7. The molecule has 228 valence electrons. The van der Waals surface area contributed by atoms with Crippen LogP contribution in [0.15, 0.2) is 60.9 Å². The van der Waals surface area contributed by atoms with Crippen LogP contribution in [0.5, 0.6) is 5.75 Å². The number of Topliss-reactive ketones (excluding diaryl/α,β-unsaturated/α-hetero) is 1. The molecule has 0 saturated heterocycles. The van der Waals surface area contributed by atoms with Gasteiger partial charge in [0.05, 0.1) is 12.1 Å². The summed E-state index contributed by atoms with van der Waals surface area (Å²) in [5, 5.41) is 0. The van der Waals surface area contributed by atoms with Crippen LogP contribution < -0.4 is 4.74 Å². The van der Waals surface area contributed by atoms with Crippen LogP contribution in [0, 0.1) is 25.1 Å². The number of nitrogens with zero attached hydrogens (tertiary/aromatic N) is 3. The molecule has 7 nitrogen and oxygen atoms in total. The molecule has 0 aliphatic rings. The van der Waals surface area contributed by atoms with Gasteiger partial charge in [0.2, 0.25) is 0 Å². The number of halogens is 4. The van der Waals surface area contributed by atoms with Crippen molar-refractivity contribution in [2.75, 3.05) is 0 Å². The first-order chi connectivity index (χ1) is 20.3. The number of carbonyl (C=O) groups is 2. The Hall–Kier alpha value is -4.28. The molecule has 0 fully saturated rings. The van der Waals surface area contributed by atoms with Crippen molar-refractivity contribution in [3.63, 3.8) is 0 Å². The first kappa shape index (κ1) is 31.7. The number of alkyl halides is 3. The van der Waals surface area contributed by atoms with E-state index in [4.69, 9.17) is 9.47 Å². The summed E-state index contributed by atoms with van der Waals surface area (Å²) < 4.78 is 66.4. The van der Waals surface area contributed by atoms with Crippen molar-refractivity contribution in [1.82, 2.24) is 14.4 Å². The van der Waals surface area contributed by atoms with Crippen molar-refractivity contribution in [3.05, 3.63) is 95.0 Å². The maximum atomic E-state index is 14.1. The van der Waals surface area contributed by atoms with Gasteiger partial charge in [-0.25, -0.2) is 9.37 Å². The lowest BCUT2D eigenvalue weighted by Gasteiger charge is -2.29. The van der Waals surface area contributed by atoms with Crippen LogP contribution in [0.3, 0.4) is 0 Å². The largest absolute Gasteiger partial charge is 0.483 e. The molecule has 0 amide bonds. The number of imidazole rings is 1. The predicted octanol–water partition coefficient (Wildman–Crippen LogP) is 7.51. The SMILES string of the molecule is Cc1cc(OCc2ncccc2F)c2nc(C)c(C(=O)CCC(C)(CCC(F)(F)F)CC(=O)OCc3ccccc3)n2c1. The lowest BCUT2D eigenvalue weighted by atomic mass is 9.77. The number of hydrogen-bond donors (Lipinski definition) is 0. The summed E-state index contributed by atoms with van der Waals surface area (Å²) in [5.74, 6) is -1.16. The number of aromatic nitrogens is 3. The minimum atomic E-state index is -4.41. The average molecular weight is 600 g/mol. The molecule has 1 unspecified atom stereocenters. The molecular weight excluding hydrogens is 566 g/mol. The lowest BCUT2D eigenvalue weighted by Crippen LogP contribution is -2.26. The summed E-state index contributed by atoms with van der Waals surface area (Å²) >= 11 is 0. The maximum absolute atomic E-state index is 14.1. The van der Waals surface area contributed by atoms with Gasteiger partial charge in [0, 0.05) is 25.2 Å². The molecule has 0 spiro atoms. The molecular formula is C32H33F4N3O4. The van der Waals surface area contributed by atoms with Crippen molar-refractivity contribution in [3.8, 4) is 5.75 Å². The normalized spacial score (nSPS) is 13.1. The van der Waals surface area contributed by atoms with Crippen molar-refractivity contribution < 1.29 is 36.6 Å². The third kappa shape index (κ3) is 8.62. The zero-order chi connectivity index (χ0) is 31.2. The number of pyridine rings is 2. The molecule has 0 bridgehead atoms. The second kappa shape index (κ2) is 13.4. The smallest absolute Gasteiger partial charge is 0.389 e. The number of esters is 1. The Morgan fingerprint density at radius 3 is 2.42 bits per heavy atom. The number of ether oxygens (including phenoxy) is 2. The van der Waals surface area contributed by atoms with Gasteiger partial charge >= 0.3 is 12.1 Å². The number of benzene rings is 1. The standard InChI is InChI=1S/C32H33F4N3O4/c1-21-16-27(42-20-25-24(33)10-7-15-37-25)30-38-22(2)29(39(30)18-21)26(40)11-12-31(3,13-14-32(34,35)36)17-28(41)43-19-23-8-5-4-6-9-23/h4-10,15-16,18H,11-14,17,19-20H2,1-3H3. The molecule has 0 N–H and O–H groups in total. The van der Waals surface area contributed by atoms with Gasteiger partial charge in [-0.3, -0.25) is 19.0 Å². The topological polar surface area (TPSA) is 82.8 Å². The van der Waals surface area contributed by atoms with E-state index >= 15 is 0 Å². The van der Waals surface area contributed by atoms with Crippen molar-refractivity contribution >= 4 is 17.4 Å². The fraction of sp³-hybridized carbons (Fsp3) is 0.375. The average Bonchev–Trinajstić information content (AvgIpc) is 3.29. The monoisotopic (exact) mass is 599 g/mol. The Bertz CT molecular complexity index is 1590. The van der Waals surface area contributed by atoms with E-state index in [1.54, 1.807) is 61.7 Å². The van der Waals surface area contributed by atoms with E-state index in [1.165, 1.54) is 18.3 Å². The van der Waals surface area contributed by atoms with Crippen molar-refractivity contribution in [1.29, 1.82) is 0 Å². The highest BCUT2D eigenvalue weighted by Crippen LogP contribution is 2.38. The molecule has 0 saturated carbocycles. The first-order valence-corrected chi connectivity index (χ1v) is 13.8. The van der Waals surface area contributed by atoms with Crippen LogP contribution in [0.1, 0.15) is 72.0 Å². The number of rotatable bonds is 13. The zero-order valence-corrected chi connectivity index (χ0v) is 24.2. The fourth-order valence-corrected chi connectivity index (χ4v) is 4.89. The Morgan fingerprint density at radius 2 is 1.72 bits per heavy atom. The van der Waals surface area contributed by atoms with E-state index in [0.29, 0.717) is 17.1 Å². The number of ketones is 1. The summed E-state index contributed by atoms with van der Waals surface area (Å²) in [6.07, 6.45) is -3.02. The van der Waals surface area contributed by atoms with Gasteiger partial charge in [-0.1, -0.05) is 37.3 Å². The summed E-state index contributed by atoms with van der Waals surface area (Å²) in [6.45, 7) is 4.88. The second-order valence-electron chi connectivity index (χ2n) is 11.0. The van der Waals surface area contributed by atoms with Gasteiger partial charge in [-0.15, -0.1) is 0 Å². The van der Waals surface area contributed by atoms with Crippen LogP contribution in [-0.4, -0.2) is 32.3 Å². The third-order valence-electron chi connectivity index (χ3n) is 7.24. The quantitative estimate of drug-likeness (QED) is 0.0899. The number of aryl methyl sites for hydroxylation is 2. The van der Waals surface area contributed by atoms with Gasteiger partial charge < -0.3 is 9.47 Å². The molecule has 11 heteroatoms. The van der Waals surface area contributed by atoms with Crippen LogP contribution in [0.2, 0.25) is 0 Å². The van der Waals surface area contributed by atoms with Crippen LogP contribution >= 0.6 is 0 Å². The van der Waals surface area contributed by atoms with E-state index < -0.39 is 29.8 Å². The third-order valence-corrected chi connectivity index (χ3v) is 7.24. The molecule has 3 heterocycles. The van der Waals surface area contributed by atoms with Gasteiger partial charge in [0.25, 0.3) is 0 Å². The van der Waals surface area contributed by atoms with Crippen LogP contribution in [-0.2, 0) is 22.7 Å². The highest BCUT2D eigenvalue weighted by atomic mass is 19.4. The minimum Gasteiger partial charge on any atom is -0.483 e. The van der Waals surface area contributed by atoms with Crippen LogP contribution in [0.25, 0.3) is 5.65 Å². The number of hydrogen-bond acceptors (Lipinski definition) is 6. The van der Waals surface area contributed by atoms with E-state index in [1.807, 2.05) is 6.07 Å². The van der Waals surface area contributed by atoms with Gasteiger partial charge in [0.1, 0.15) is 30.4 Å². The van der Waals surface area contributed by atoms with E-state index in [2.05, 4.69) is 9.97 Å². The Balaban J connectivity index is 1.50. The second-order valence-corrected chi connectivity index (χ2v) is 11.0. The molecule has 1 aromatic carbocycles. The Morgan fingerprint density at radius 1 is 0.977 bits per heavy atom. The van der Waals surface area contributed by atoms with Crippen molar-refractivity contribution in [2.24, 2.45) is 5.41 Å². The van der Waals surface area contributed by atoms with E-state index in [9.17, 15) is 27.2 Å². The highest BCUT2D eigenvalue weighted by molar-refractivity contribution is 5.96. The first-order valence-electron chi connectivity index (χ1n) is 13.8. The highest BCUT2D eigenvalue weighted by Gasteiger charge is 2.36. The number of fused-ring (bicyclic) bond motifs is 1. The molecule has 4 rings (SSSR count). The number of carbonyl (C=O) groups excluding carboxylic acids is 2. The molecule has 0 radical (unpaired) electrons. The molecule has 0 aliphatic carbocycles. The zero-order valence-electron chi connectivity index (χ0n) is 24.2. The van der Waals surface area contributed by atoms with Gasteiger partial charge in [-0.05, 0) is 61.4 Å². The molecule has 0 aliphatic heterocycles. The minimum absolute atomic E-state index is 0.00565. The lowest BCUT2D eigenvalue weighted by molar-refractivity contribution is -0.152. The van der Waals surface area contributed by atoms with Gasteiger partial charge in [0.15, 0.2) is 17.2 Å². The van der Waals surface area contributed by atoms with E-state index in [-0.39, 0.29) is 56.1 Å². The summed E-state index contributed by atoms with van der Waals surface area (Å²) in [6, 6.07) is 13.4. The van der Waals surface area contributed by atoms with Crippen LogP contribution in [0.4, 0.5) is 17.6 Å². The maximum Gasteiger partial charge on any atom is 0.389 e. The molecule has 3 aromatic heterocycles. The van der Waals surface area contributed by atoms with Gasteiger partial charge in [-0.2, -0.15) is 13.2 Å². The molecule has 4 aromatic rings.